The molecule has 3 aromatic carbocycles. The van der Waals surface area contributed by atoms with Crippen molar-refractivity contribution in [2.45, 2.75) is 13.8 Å². The summed E-state index contributed by atoms with van der Waals surface area (Å²) in [4.78, 5) is 42.8. The fourth-order valence-electron chi connectivity index (χ4n) is 4.44. The molecular formula is C29H22ClN3O3. The fraction of sp³-hybridized carbons (Fsp3) is 0.0690. The smallest absolute Gasteiger partial charge is 0.318 e. The van der Waals surface area contributed by atoms with Gasteiger partial charge in [0.05, 0.1) is 11.4 Å². The number of barbiturate groups is 1. The molecule has 1 aliphatic rings. The Morgan fingerprint density at radius 1 is 0.667 bits per heavy atom. The zero-order chi connectivity index (χ0) is 25.4. The third kappa shape index (κ3) is 4.01. The summed E-state index contributed by atoms with van der Waals surface area (Å²) < 4.78 is 2.01. The highest BCUT2D eigenvalue weighted by Gasteiger charge is 2.43. The van der Waals surface area contributed by atoms with Crippen LogP contribution in [0.4, 0.5) is 16.2 Å². The van der Waals surface area contributed by atoms with Crippen molar-refractivity contribution in [2.24, 2.45) is 0 Å². The van der Waals surface area contributed by atoms with Crippen molar-refractivity contribution in [3.05, 3.63) is 119 Å². The minimum atomic E-state index is -0.719. The van der Waals surface area contributed by atoms with E-state index in [-0.39, 0.29) is 5.57 Å². The van der Waals surface area contributed by atoms with E-state index in [0.717, 1.165) is 26.9 Å². The molecule has 0 atom stereocenters. The van der Waals surface area contributed by atoms with Crippen molar-refractivity contribution in [1.82, 2.24) is 4.57 Å². The first-order chi connectivity index (χ1) is 17.4. The van der Waals surface area contributed by atoms with Gasteiger partial charge in [0.2, 0.25) is 0 Å². The second kappa shape index (κ2) is 9.32. The average molecular weight is 496 g/mol. The van der Waals surface area contributed by atoms with Gasteiger partial charge in [0.25, 0.3) is 11.8 Å². The van der Waals surface area contributed by atoms with Gasteiger partial charge < -0.3 is 4.57 Å². The van der Waals surface area contributed by atoms with Gasteiger partial charge in [-0.25, -0.2) is 14.6 Å². The van der Waals surface area contributed by atoms with Crippen LogP contribution in [0.3, 0.4) is 0 Å². The maximum absolute atomic E-state index is 13.6. The molecule has 0 aliphatic carbocycles. The van der Waals surface area contributed by atoms with Gasteiger partial charge in [-0.1, -0.05) is 54.1 Å². The molecule has 1 aromatic heterocycles. The third-order valence-corrected chi connectivity index (χ3v) is 6.35. The van der Waals surface area contributed by atoms with Crippen LogP contribution in [0.1, 0.15) is 17.0 Å². The molecule has 5 rings (SSSR count). The number of carbonyl (C=O) groups is 3. The summed E-state index contributed by atoms with van der Waals surface area (Å²) in [5, 5.41) is 0.605. The molecule has 0 unspecified atom stereocenters. The van der Waals surface area contributed by atoms with Crippen LogP contribution >= 0.6 is 11.6 Å². The monoisotopic (exact) mass is 495 g/mol. The average Bonchev–Trinajstić information content (AvgIpc) is 3.15. The summed E-state index contributed by atoms with van der Waals surface area (Å²) in [6, 6.07) is 25.8. The quantitative estimate of drug-likeness (QED) is 0.245. The number of para-hydroxylation sites is 2. The topological polar surface area (TPSA) is 62.6 Å². The van der Waals surface area contributed by atoms with Crippen LogP contribution in [0.2, 0.25) is 5.02 Å². The van der Waals surface area contributed by atoms with Gasteiger partial charge in [-0.2, -0.15) is 0 Å². The van der Waals surface area contributed by atoms with Gasteiger partial charge in [-0.15, -0.1) is 0 Å². The number of aromatic nitrogens is 1. The highest BCUT2D eigenvalue weighted by Crippen LogP contribution is 2.31. The number of carbonyl (C=O) groups excluding carboxylic acids is 3. The van der Waals surface area contributed by atoms with E-state index in [1.807, 2.05) is 42.7 Å². The molecule has 178 valence electrons. The molecule has 1 saturated heterocycles. The highest BCUT2D eigenvalue weighted by atomic mass is 35.5. The SMILES string of the molecule is Cc1cc(C=C2C(=O)N(c3ccccc3)C(=O)N(c3ccccc3)C2=O)c(C)n1-c1cccc(Cl)c1. The van der Waals surface area contributed by atoms with Gasteiger partial charge in [0, 0.05) is 22.1 Å². The van der Waals surface area contributed by atoms with Gasteiger partial charge >= 0.3 is 6.03 Å². The lowest BCUT2D eigenvalue weighted by atomic mass is 10.0. The van der Waals surface area contributed by atoms with Crippen LogP contribution < -0.4 is 9.80 Å². The Morgan fingerprint density at radius 2 is 1.19 bits per heavy atom. The van der Waals surface area contributed by atoms with Crippen LogP contribution in [0.5, 0.6) is 0 Å². The second-order valence-electron chi connectivity index (χ2n) is 8.43. The van der Waals surface area contributed by atoms with E-state index in [2.05, 4.69) is 0 Å². The highest BCUT2D eigenvalue weighted by molar-refractivity contribution is 6.46. The molecular weight excluding hydrogens is 474 g/mol. The number of amides is 4. The fourth-order valence-corrected chi connectivity index (χ4v) is 4.63. The molecule has 0 N–H and O–H groups in total. The Balaban J connectivity index is 1.66. The minimum absolute atomic E-state index is 0.103. The number of rotatable bonds is 4. The van der Waals surface area contributed by atoms with Crippen molar-refractivity contribution < 1.29 is 14.4 Å². The van der Waals surface area contributed by atoms with Gasteiger partial charge in [0.1, 0.15) is 5.57 Å². The summed E-state index contributed by atoms with van der Waals surface area (Å²) in [6.45, 7) is 3.85. The first kappa shape index (κ1) is 23.3. The Labute approximate surface area is 213 Å². The zero-order valence-electron chi connectivity index (χ0n) is 19.7. The number of nitrogens with zero attached hydrogens (tertiary/aromatic N) is 3. The number of imide groups is 2. The Morgan fingerprint density at radius 3 is 1.72 bits per heavy atom. The Bertz CT molecular complexity index is 1460. The van der Waals surface area contributed by atoms with Crippen LogP contribution in [-0.4, -0.2) is 22.4 Å². The molecule has 1 fully saturated rings. The maximum atomic E-state index is 13.6. The zero-order valence-corrected chi connectivity index (χ0v) is 20.4. The molecule has 36 heavy (non-hydrogen) atoms. The summed E-state index contributed by atoms with van der Waals surface area (Å²) >= 11 is 6.20. The van der Waals surface area contributed by atoms with E-state index in [0.29, 0.717) is 22.0 Å². The molecule has 6 nitrogen and oxygen atoms in total. The molecule has 7 heteroatoms. The first-order valence-electron chi connectivity index (χ1n) is 11.4. The molecule has 0 radical (unpaired) electrons. The first-order valence-corrected chi connectivity index (χ1v) is 11.7. The van der Waals surface area contributed by atoms with Crippen molar-refractivity contribution >= 4 is 46.9 Å². The molecule has 0 spiro atoms. The normalized spacial score (nSPS) is 14.0. The number of benzene rings is 3. The van der Waals surface area contributed by atoms with Gasteiger partial charge in [-0.3, -0.25) is 9.59 Å². The molecule has 1 aliphatic heterocycles. The van der Waals surface area contributed by atoms with E-state index in [1.54, 1.807) is 72.8 Å². The largest absolute Gasteiger partial charge is 0.343 e. The van der Waals surface area contributed by atoms with Gasteiger partial charge in [-0.05, 0) is 74.0 Å². The summed E-state index contributed by atoms with van der Waals surface area (Å²) in [6.07, 6.45) is 1.56. The predicted molar refractivity (Wildman–Crippen MR) is 141 cm³/mol. The third-order valence-electron chi connectivity index (χ3n) is 6.11. The van der Waals surface area contributed by atoms with E-state index < -0.39 is 17.8 Å². The summed E-state index contributed by atoms with van der Waals surface area (Å²) in [5.74, 6) is -1.34. The predicted octanol–water partition coefficient (Wildman–Crippen LogP) is 6.33. The van der Waals surface area contributed by atoms with Gasteiger partial charge in [0.15, 0.2) is 0 Å². The van der Waals surface area contributed by atoms with Crippen LogP contribution in [0, 0.1) is 13.8 Å². The number of aryl methyl sites for hydroxylation is 1. The number of anilines is 2. The van der Waals surface area contributed by atoms with E-state index in [1.165, 1.54) is 0 Å². The molecule has 4 amide bonds. The molecule has 0 saturated carbocycles. The van der Waals surface area contributed by atoms with E-state index in [4.69, 9.17) is 11.6 Å². The number of halogens is 1. The number of urea groups is 1. The minimum Gasteiger partial charge on any atom is -0.318 e. The van der Waals surface area contributed by atoms with E-state index >= 15 is 0 Å². The lowest BCUT2D eigenvalue weighted by Crippen LogP contribution is -2.57. The maximum Gasteiger partial charge on any atom is 0.343 e. The lowest BCUT2D eigenvalue weighted by Gasteiger charge is -2.33. The van der Waals surface area contributed by atoms with Crippen LogP contribution in [0.15, 0.2) is 96.6 Å². The molecule has 2 heterocycles. The van der Waals surface area contributed by atoms with E-state index in [9.17, 15) is 14.4 Å². The van der Waals surface area contributed by atoms with Crippen LogP contribution in [0.25, 0.3) is 11.8 Å². The standard InChI is InChI=1S/C29H22ClN3O3/c1-19-16-21(20(2)31(19)25-15-9-10-22(30)18-25)17-26-27(34)32(23-11-5-3-6-12-23)29(36)33(28(26)35)24-13-7-4-8-14-24/h3-18H,1-2H3. The van der Waals surface area contributed by atoms with Crippen molar-refractivity contribution in [3.63, 3.8) is 0 Å². The Kier molecular flexibility index (Phi) is 6.04. The summed E-state index contributed by atoms with van der Waals surface area (Å²) in [5.41, 5.74) is 3.97. The van der Waals surface area contributed by atoms with Crippen molar-refractivity contribution in [2.75, 3.05) is 9.80 Å². The lowest BCUT2D eigenvalue weighted by molar-refractivity contribution is -0.121. The van der Waals surface area contributed by atoms with Crippen molar-refractivity contribution in [3.8, 4) is 5.69 Å². The summed E-state index contributed by atoms with van der Waals surface area (Å²) in [7, 11) is 0. The molecule has 0 bridgehead atoms. The Hall–Kier alpha value is -4.42. The molecule has 4 aromatic rings. The number of hydrogen-bond donors (Lipinski definition) is 0. The van der Waals surface area contributed by atoms with Crippen molar-refractivity contribution in [1.29, 1.82) is 0 Å². The number of hydrogen-bond acceptors (Lipinski definition) is 3. The second-order valence-corrected chi connectivity index (χ2v) is 8.87. The van der Waals surface area contributed by atoms with Crippen LogP contribution in [-0.2, 0) is 9.59 Å².